The normalized spacial score (nSPS) is 13.3. The third-order valence-electron chi connectivity index (χ3n) is 8.50. The quantitative estimate of drug-likeness (QED) is 0.199. The van der Waals surface area contributed by atoms with Gasteiger partial charge in [-0.05, 0) is 90.0 Å². The number of fused-ring (bicyclic) bond motifs is 6. The molecule has 0 bridgehead atoms. The van der Waals surface area contributed by atoms with Gasteiger partial charge in [0.15, 0.2) is 0 Å². The molecule has 200 valence electrons. The van der Waals surface area contributed by atoms with E-state index < -0.39 is 6.04 Å². The zero-order valence-corrected chi connectivity index (χ0v) is 23.0. The van der Waals surface area contributed by atoms with Crippen LogP contribution in [0.3, 0.4) is 0 Å². The Morgan fingerprint density at radius 1 is 0.419 bits per heavy atom. The van der Waals surface area contributed by atoms with Crippen LogP contribution < -0.4 is 0 Å². The molecule has 1 nitrogen and oxygen atoms in total. The molecule has 1 heteroatoms. The fourth-order valence-corrected chi connectivity index (χ4v) is 6.67. The topological polar surface area (TPSA) is 13.1 Å². The lowest BCUT2D eigenvalue weighted by molar-refractivity contribution is 0.669. The van der Waals surface area contributed by atoms with Crippen molar-refractivity contribution in [2.45, 2.75) is 0 Å². The van der Waals surface area contributed by atoms with E-state index in [9.17, 15) is 0 Å². The van der Waals surface area contributed by atoms with Crippen LogP contribution in [0.2, 0.25) is 0 Å². The van der Waals surface area contributed by atoms with Crippen LogP contribution in [0, 0.1) is 0 Å². The van der Waals surface area contributed by atoms with E-state index in [0.29, 0.717) is 5.56 Å². The molecule has 0 saturated carbocycles. The molecule has 8 aromatic carbocycles. The van der Waals surface area contributed by atoms with Crippen molar-refractivity contribution in [3.05, 3.63) is 158 Å². The molecule has 9 rings (SSSR count). The highest BCUT2D eigenvalue weighted by molar-refractivity contribution is 6.26. The fraction of sp³-hybridized carbons (Fsp3) is 0. The van der Waals surface area contributed by atoms with Crippen LogP contribution in [0.15, 0.2) is 162 Å². The predicted molar refractivity (Wildman–Crippen MR) is 183 cm³/mol. The van der Waals surface area contributed by atoms with E-state index in [1.807, 2.05) is 48.5 Å². The minimum absolute atomic E-state index is 0.194. The lowest BCUT2D eigenvalue weighted by Crippen LogP contribution is -1.91. The molecule has 0 fully saturated rings. The summed E-state index contributed by atoms with van der Waals surface area (Å²) in [6.07, 6.45) is 0. The highest BCUT2D eigenvalue weighted by atomic mass is 16.3. The van der Waals surface area contributed by atoms with E-state index in [1.165, 1.54) is 0 Å². The van der Waals surface area contributed by atoms with Crippen molar-refractivity contribution in [1.82, 2.24) is 0 Å². The molecule has 0 aliphatic rings. The molecular formula is C42H26O. The minimum Gasteiger partial charge on any atom is -0.456 e. The molecule has 9 aromatic rings. The first kappa shape index (κ1) is 19.5. The molecule has 0 saturated heterocycles. The van der Waals surface area contributed by atoms with Gasteiger partial charge in [0.2, 0.25) is 0 Å². The van der Waals surface area contributed by atoms with Crippen LogP contribution in [-0.2, 0) is 0 Å². The van der Waals surface area contributed by atoms with Crippen LogP contribution in [0.1, 0.15) is 6.85 Å². The second kappa shape index (κ2) is 9.44. The summed E-state index contributed by atoms with van der Waals surface area (Å²) in [5.41, 5.74) is 6.59. The molecule has 0 radical (unpaired) electrons. The Morgan fingerprint density at radius 3 is 1.74 bits per heavy atom. The summed E-state index contributed by atoms with van der Waals surface area (Å²) in [4.78, 5) is 0. The predicted octanol–water partition coefficient (Wildman–Crippen LogP) is 12.0. The van der Waals surface area contributed by atoms with Gasteiger partial charge in [0.25, 0.3) is 0 Å². The van der Waals surface area contributed by atoms with E-state index >= 15 is 0 Å². The Kier molecular flexibility index (Phi) is 4.27. The molecular weight excluding hydrogens is 520 g/mol. The zero-order chi connectivity index (χ0) is 32.7. The Labute approximate surface area is 256 Å². The standard InChI is InChI=1S/C42H26O/c1-2-12-27(13-3-1)28-16-10-17-31(24-28)40-32-18-6-8-20-34(32)41(35-21-9-7-19-33(35)40)36-22-11-23-38-42(36)37-25-29-14-4-5-15-30(29)26-39(37)43-38/h1-26H/i1D,2D,3D,12D,13D. The Balaban J connectivity index is 1.36. The Morgan fingerprint density at radius 2 is 1.02 bits per heavy atom. The van der Waals surface area contributed by atoms with Gasteiger partial charge in [0.1, 0.15) is 11.2 Å². The average molecular weight is 552 g/mol. The zero-order valence-electron chi connectivity index (χ0n) is 28.0. The Bertz CT molecular complexity index is 2710. The summed E-state index contributed by atoms with van der Waals surface area (Å²) in [5, 5.41) is 8.72. The maximum Gasteiger partial charge on any atom is 0.136 e. The highest BCUT2D eigenvalue weighted by Crippen LogP contribution is 2.47. The largest absolute Gasteiger partial charge is 0.456 e. The molecule has 1 heterocycles. The van der Waals surface area contributed by atoms with Crippen LogP contribution in [0.25, 0.3) is 87.6 Å². The maximum atomic E-state index is 8.61. The number of furan rings is 1. The summed E-state index contributed by atoms with van der Waals surface area (Å²) < 4.78 is 48.2. The molecule has 0 atom stereocenters. The van der Waals surface area contributed by atoms with Crippen LogP contribution in [0.4, 0.5) is 0 Å². The first-order valence-corrected chi connectivity index (χ1v) is 14.4. The third-order valence-corrected chi connectivity index (χ3v) is 8.50. The monoisotopic (exact) mass is 551 g/mol. The van der Waals surface area contributed by atoms with Crippen LogP contribution in [-0.4, -0.2) is 0 Å². The molecule has 0 N–H and O–H groups in total. The first-order valence-electron chi connectivity index (χ1n) is 16.9. The van der Waals surface area contributed by atoms with Gasteiger partial charge in [0.05, 0.1) is 6.85 Å². The number of rotatable bonds is 3. The van der Waals surface area contributed by atoms with Crippen molar-refractivity contribution in [3.63, 3.8) is 0 Å². The Hall–Kier alpha value is -5.66. The molecule has 0 aliphatic heterocycles. The lowest BCUT2D eigenvalue weighted by Gasteiger charge is -2.18. The van der Waals surface area contributed by atoms with E-state index in [1.54, 1.807) is 0 Å². The van der Waals surface area contributed by atoms with Gasteiger partial charge in [0, 0.05) is 10.8 Å². The third kappa shape index (κ3) is 3.72. The SMILES string of the molecule is [2H]c1c([2H])c([2H])c(-c2cccc(-c3c4ccccc4c(-c4cccc5oc6cc7ccccc7cc6c45)c4ccccc34)c2)c([2H])c1[2H]. The summed E-state index contributed by atoms with van der Waals surface area (Å²) >= 11 is 0. The van der Waals surface area contributed by atoms with Crippen molar-refractivity contribution in [2.24, 2.45) is 0 Å². The summed E-state index contributed by atoms with van der Waals surface area (Å²) in [5.74, 6) is 0. The van der Waals surface area contributed by atoms with Gasteiger partial charge in [-0.2, -0.15) is 0 Å². The van der Waals surface area contributed by atoms with Gasteiger partial charge in [-0.3, -0.25) is 0 Å². The first-order chi connectivity index (χ1) is 23.4. The summed E-state index contributed by atoms with van der Waals surface area (Å²) in [6.45, 7) is 0. The van der Waals surface area contributed by atoms with Crippen molar-refractivity contribution in [3.8, 4) is 33.4 Å². The smallest absolute Gasteiger partial charge is 0.136 e. The number of hydrogen-bond acceptors (Lipinski definition) is 1. The van der Waals surface area contributed by atoms with Crippen LogP contribution in [0.5, 0.6) is 0 Å². The average Bonchev–Trinajstić information content (AvgIpc) is 3.49. The molecule has 43 heavy (non-hydrogen) atoms. The van der Waals surface area contributed by atoms with Crippen molar-refractivity contribution in [1.29, 1.82) is 0 Å². The van der Waals surface area contributed by atoms with E-state index in [2.05, 4.69) is 78.9 Å². The highest BCUT2D eigenvalue weighted by Gasteiger charge is 2.20. The molecule has 0 spiro atoms. The maximum absolute atomic E-state index is 8.61. The van der Waals surface area contributed by atoms with Crippen LogP contribution >= 0.6 is 0 Å². The van der Waals surface area contributed by atoms with E-state index in [0.717, 1.165) is 76.5 Å². The second-order valence-electron chi connectivity index (χ2n) is 10.9. The second-order valence-corrected chi connectivity index (χ2v) is 10.9. The van der Waals surface area contributed by atoms with E-state index in [4.69, 9.17) is 11.3 Å². The number of benzene rings is 8. The molecule has 0 aliphatic carbocycles. The van der Waals surface area contributed by atoms with Gasteiger partial charge in [-0.25, -0.2) is 0 Å². The fourth-order valence-electron chi connectivity index (χ4n) is 6.67. The summed E-state index contributed by atoms with van der Waals surface area (Å²) in [6, 6.07) is 42.0. The van der Waals surface area contributed by atoms with Gasteiger partial charge in [-0.15, -0.1) is 0 Å². The lowest BCUT2D eigenvalue weighted by atomic mass is 9.84. The van der Waals surface area contributed by atoms with Crippen molar-refractivity contribution in [2.75, 3.05) is 0 Å². The van der Waals surface area contributed by atoms with Gasteiger partial charge >= 0.3 is 0 Å². The number of hydrogen-bond donors (Lipinski definition) is 0. The van der Waals surface area contributed by atoms with Crippen molar-refractivity contribution >= 4 is 54.3 Å². The van der Waals surface area contributed by atoms with Gasteiger partial charge in [-0.1, -0.05) is 133 Å². The molecule has 1 aromatic heterocycles. The minimum atomic E-state index is -0.397. The molecule has 0 unspecified atom stereocenters. The van der Waals surface area contributed by atoms with E-state index in [-0.39, 0.29) is 29.7 Å². The van der Waals surface area contributed by atoms with Gasteiger partial charge < -0.3 is 4.42 Å². The molecule has 0 amide bonds. The summed E-state index contributed by atoms with van der Waals surface area (Å²) in [7, 11) is 0. The van der Waals surface area contributed by atoms with Crippen molar-refractivity contribution < 1.29 is 11.3 Å².